The molecule has 0 aliphatic heterocycles. The molecule has 0 fully saturated rings. The van der Waals surface area contributed by atoms with Gasteiger partial charge in [-0.2, -0.15) is 0 Å². The molecule has 0 rings (SSSR count). The third-order valence-electron chi connectivity index (χ3n) is 1.56. The first-order valence-corrected chi connectivity index (χ1v) is 5.33. The molecule has 0 aliphatic carbocycles. The van der Waals surface area contributed by atoms with Gasteiger partial charge in [0.25, 0.3) is 0 Å². The molecule has 0 aromatic carbocycles. The zero-order valence-electron chi connectivity index (χ0n) is 19.0. The molecular weight excluding hydrogens is 374 g/mol. The third kappa shape index (κ3) is 140. The summed E-state index contributed by atoms with van der Waals surface area (Å²) in [4.78, 5) is 0. The molecule has 0 bridgehead atoms. The Kier molecular flexibility index (Phi) is 214. The van der Waals surface area contributed by atoms with Crippen LogP contribution < -0.4 is 0 Å². The maximum atomic E-state index is 5.26. The van der Waals surface area contributed by atoms with Gasteiger partial charge in [-0.05, 0) is 0 Å². The SMILES string of the molecule is C.C.C.C.C.C.C.C.C.C.C.C.C.C.[2H][2H].[2H][2H].[2H][2H].[2H][2H].[B]B([B])B([B])B([B])[B].[B]B([B])B([B])[B].[B][B]B([B])[B].[HH].[HH].[HH]. The molecule has 183 valence electrons. The molecule has 0 saturated heterocycles. The van der Waals surface area contributed by atoms with E-state index in [1.807, 2.05) is 0 Å². The van der Waals surface area contributed by atoms with E-state index in [1.54, 1.807) is 0 Å². The van der Waals surface area contributed by atoms with Crippen LogP contribution in [0.2, 0.25) is 0 Å². The van der Waals surface area contributed by atoms with Crippen LogP contribution in [-0.2, 0) is 0 Å². The zero-order chi connectivity index (χ0) is 24.2. The highest BCUT2D eigenvalue weighted by molar-refractivity contribution is 7.89. The highest BCUT2D eigenvalue weighted by Gasteiger charge is 2.14. The second kappa shape index (κ2) is 84.3. The summed E-state index contributed by atoms with van der Waals surface area (Å²) in [6.07, 6.45) is -3.43. The van der Waals surface area contributed by atoms with Crippen molar-refractivity contribution >= 4 is 138 Å². The van der Waals surface area contributed by atoms with Gasteiger partial charge in [0.1, 0.15) is 0 Å². The largest absolute Gasteiger partial charge is 0.0776 e. The Morgan fingerprint density at radius 1 is 0.394 bits per heavy atom. The Morgan fingerprint density at radius 2 is 0.515 bits per heavy atom. The summed E-state index contributed by atoms with van der Waals surface area (Å²) in [6, 6.07) is 0. The van der Waals surface area contributed by atoms with E-state index in [1.165, 1.54) is 7.06 Å². The summed E-state index contributed by atoms with van der Waals surface area (Å²) >= 11 is 0. The van der Waals surface area contributed by atoms with Crippen molar-refractivity contribution in [3.05, 3.63) is 0 Å². The van der Waals surface area contributed by atoms with Crippen LogP contribution in [0.25, 0.3) is 0 Å². The summed E-state index contributed by atoms with van der Waals surface area (Å²) in [5.41, 5.74) is 0. The van der Waals surface area contributed by atoms with Gasteiger partial charge in [-0.25, -0.2) is 0 Å². The summed E-state index contributed by atoms with van der Waals surface area (Å²) in [5, 5.41) is 0. The first-order chi connectivity index (χ1) is 12.5. The monoisotopic (exact) mass is 456 g/mol. The van der Waals surface area contributed by atoms with E-state index < -0.39 is 38.3 Å². The van der Waals surface area contributed by atoms with E-state index in [-0.39, 0.29) is 108 Å². The van der Waals surface area contributed by atoms with E-state index in [0.717, 1.165) is 0 Å². The molecule has 0 N–H and O–H groups in total. The van der Waals surface area contributed by atoms with Crippen LogP contribution in [0.1, 0.15) is 120 Å². The lowest BCUT2D eigenvalue weighted by atomic mass is 8.68. The number of rotatable bonds is 4. The van der Waals surface area contributed by atoms with E-state index in [0.29, 0.717) is 0 Å². The molecule has 0 aromatic rings. The quantitative estimate of drug-likeness (QED) is 0.574. The zero-order valence-corrected chi connectivity index (χ0v) is 11.0. The van der Waals surface area contributed by atoms with Gasteiger partial charge >= 0.3 is 0 Å². The van der Waals surface area contributed by atoms with Crippen molar-refractivity contribution in [2.75, 3.05) is 0 Å². The second-order valence-corrected chi connectivity index (χ2v) is 3.66. The predicted octanol–water partition coefficient (Wildman–Crippen LogP) is 3.39. The van der Waals surface area contributed by atoms with Gasteiger partial charge in [0.05, 0.1) is 0 Å². The van der Waals surface area contributed by atoms with E-state index in [2.05, 4.69) is 0 Å². The van der Waals surface area contributed by atoms with E-state index in [9.17, 15) is 0 Å². The first kappa shape index (κ1) is 83.9. The van der Waals surface area contributed by atoms with Crippen LogP contribution >= 0.6 is 0 Å². The summed E-state index contributed by atoms with van der Waals surface area (Å²) in [5.74, 6) is 0. The molecule has 0 aromatic heterocycles. The third-order valence-corrected chi connectivity index (χ3v) is 1.56. The minimum atomic E-state index is -0.630. The Hall–Kier alpha value is 1.23. The topological polar surface area (TPSA) is 0 Å². The van der Waals surface area contributed by atoms with Crippen LogP contribution in [0.15, 0.2) is 0 Å². The molecule has 0 nitrogen and oxygen atoms in total. The summed E-state index contributed by atoms with van der Waals surface area (Å²) in [6.45, 7) is 0. The molecular formula is C14H70B19. The number of hydrogen-bond acceptors (Lipinski definition) is 0. The van der Waals surface area contributed by atoms with Crippen LogP contribution in [-0.4, -0.2) is 138 Å². The molecule has 0 heterocycles. The standard InChI is InChI=1S/14CH4.B8.B6.B5.7H2/c;;;;;;;;;;;;;;1-6(2)8(5)7(3)4;1-5(2)6(3)4;1-4-5(2)3;;;;;;;/h14*1H4;;;;7*1H/i;;;;;;;;;;;;;;;;;4*1+1D;;;. The highest BCUT2D eigenvalue weighted by Crippen LogP contribution is 1.76. The highest BCUT2D eigenvalue weighted by atomic mass is 13.0. The molecule has 0 spiro atoms. The van der Waals surface area contributed by atoms with Crippen molar-refractivity contribution in [3.8, 4) is 0 Å². The van der Waals surface area contributed by atoms with Crippen molar-refractivity contribution in [1.29, 1.82) is 0 Å². The Bertz CT molecular complexity index is 206. The predicted molar refractivity (Wildman–Crippen MR) is 218 cm³/mol. The molecule has 0 aliphatic rings. The van der Waals surface area contributed by atoms with Crippen molar-refractivity contribution < 1.29 is 16.2 Å². The average Bonchev–Trinajstić information content (AvgIpc) is 2.68. The van der Waals surface area contributed by atoms with Crippen LogP contribution in [0.3, 0.4) is 0 Å². The second-order valence-electron chi connectivity index (χ2n) is 3.66. The Balaban J connectivity index is -0.00000000476. The fraction of sp³-hybridized carbons (Fsp3) is 1.00. The Morgan fingerprint density at radius 3 is 0.515 bits per heavy atom. The Labute approximate surface area is 258 Å². The summed E-state index contributed by atoms with van der Waals surface area (Å²) in [7, 11) is 61.4. The van der Waals surface area contributed by atoms with Gasteiger partial charge in [0.15, 0.2) is 0 Å². The fourth-order valence-electron chi connectivity index (χ4n) is 0.257. The van der Waals surface area contributed by atoms with Crippen LogP contribution in [0.4, 0.5) is 0 Å². The lowest BCUT2D eigenvalue weighted by Gasteiger charge is -2.13. The van der Waals surface area contributed by atoms with E-state index in [4.69, 9.17) is 105 Å². The van der Waals surface area contributed by atoms with Gasteiger partial charge in [0, 0.05) is 154 Å². The van der Waals surface area contributed by atoms with Crippen molar-refractivity contribution in [2.45, 2.75) is 104 Å². The molecule has 0 saturated carbocycles. The molecule has 19 heteroatoms. The van der Waals surface area contributed by atoms with Gasteiger partial charge in [0.2, 0.25) is 0 Å². The number of hydrogen-bond donors (Lipinski definition) is 0. The lowest BCUT2D eigenvalue weighted by Crippen LogP contribution is -2.52. The minimum absolute atomic E-state index is 0. The molecule has 0 unspecified atom stereocenters. The van der Waals surface area contributed by atoms with Gasteiger partial charge in [-0.3, -0.25) is 0 Å². The maximum Gasteiger partial charge on any atom is 0 e. The average molecular weight is 452 g/mol. The molecule has 25 radical (unpaired) electrons. The van der Waals surface area contributed by atoms with E-state index >= 15 is 0 Å². The molecule has 0 atom stereocenters. The van der Waals surface area contributed by atoms with Crippen LogP contribution in [0, 0.1) is 0 Å². The van der Waals surface area contributed by atoms with Gasteiger partial charge in [-0.1, -0.05) is 104 Å². The van der Waals surface area contributed by atoms with Crippen LogP contribution in [0.5, 0.6) is 0 Å². The van der Waals surface area contributed by atoms with Crippen molar-refractivity contribution in [2.24, 2.45) is 0 Å². The lowest BCUT2D eigenvalue weighted by molar-refractivity contribution is 2.50. The molecule has 33 heavy (non-hydrogen) atoms. The molecule has 0 amide bonds. The first-order valence-electron chi connectivity index (χ1n) is 9.33. The van der Waals surface area contributed by atoms with Gasteiger partial charge in [-0.15, -0.1) is 0 Å². The van der Waals surface area contributed by atoms with Gasteiger partial charge < -0.3 is 0 Å². The van der Waals surface area contributed by atoms with Crippen molar-refractivity contribution in [3.63, 3.8) is 0 Å². The normalized spacial score (nSPS) is 5.21. The smallest absolute Gasteiger partial charge is 0 e. The summed E-state index contributed by atoms with van der Waals surface area (Å²) < 4.78 is 40.0. The fourth-order valence-corrected chi connectivity index (χ4v) is 0.257. The maximum absolute atomic E-state index is 5.26. The minimum Gasteiger partial charge on any atom is -0.0776 e. The van der Waals surface area contributed by atoms with Crippen molar-refractivity contribution in [1.82, 2.24) is 0 Å².